The molecule has 3 N–H and O–H groups in total. The van der Waals surface area contributed by atoms with Crippen LogP contribution >= 0.6 is 23.2 Å². The molecule has 0 spiro atoms. The number of likely N-dealkylation sites (tertiary alicyclic amines) is 1. The lowest BCUT2D eigenvalue weighted by Gasteiger charge is -2.33. The van der Waals surface area contributed by atoms with Gasteiger partial charge in [-0.3, -0.25) is 19.3 Å². The van der Waals surface area contributed by atoms with Crippen molar-refractivity contribution in [3.05, 3.63) is 27.7 Å². The summed E-state index contributed by atoms with van der Waals surface area (Å²) in [5, 5.41) is 16.1. The first-order valence-corrected chi connectivity index (χ1v) is 10.8. The number of hydrogen-bond acceptors (Lipinski definition) is 5. The number of nitrogens with one attached hydrogen (secondary N) is 2. The number of fused-ring (bicyclic) bond motifs is 2. The van der Waals surface area contributed by atoms with Gasteiger partial charge in [0.05, 0.1) is 17.1 Å². The lowest BCUT2D eigenvalue weighted by Crippen LogP contribution is -2.50. The highest BCUT2D eigenvalue weighted by Gasteiger charge is 2.46. The third kappa shape index (κ3) is 4.36. The molecule has 0 aromatic heterocycles. The molecule has 3 aliphatic rings. The first-order chi connectivity index (χ1) is 14.3. The summed E-state index contributed by atoms with van der Waals surface area (Å²) in [7, 11) is 0. The van der Waals surface area contributed by atoms with Gasteiger partial charge in [0, 0.05) is 49.7 Å². The number of benzene rings is 1. The van der Waals surface area contributed by atoms with Gasteiger partial charge in [0.15, 0.2) is 0 Å². The van der Waals surface area contributed by atoms with Crippen LogP contribution in [-0.2, 0) is 9.59 Å². The number of phenols is 1. The molecule has 162 valence electrons. The third-order valence-electron chi connectivity index (χ3n) is 6.21. The minimum atomic E-state index is -0.421. The molecule has 4 rings (SSSR count). The average molecular weight is 455 g/mol. The van der Waals surface area contributed by atoms with Crippen molar-refractivity contribution in [1.29, 1.82) is 0 Å². The van der Waals surface area contributed by atoms with Crippen LogP contribution in [-0.4, -0.2) is 77.4 Å². The van der Waals surface area contributed by atoms with Crippen molar-refractivity contribution in [2.24, 2.45) is 5.92 Å². The van der Waals surface area contributed by atoms with Crippen LogP contribution in [0, 0.1) is 5.92 Å². The van der Waals surface area contributed by atoms with E-state index in [9.17, 15) is 19.5 Å². The molecule has 1 aliphatic carbocycles. The fraction of sp³-hybridized carbons (Fsp3) is 0.550. The maximum atomic E-state index is 12.7. The lowest BCUT2D eigenvalue weighted by molar-refractivity contribution is -0.134. The normalized spacial score (nSPS) is 26.0. The van der Waals surface area contributed by atoms with Crippen molar-refractivity contribution in [2.45, 2.75) is 31.3 Å². The van der Waals surface area contributed by atoms with E-state index in [0.29, 0.717) is 39.0 Å². The summed E-state index contributed by atoms with van der Waals surface area (Å²) in [6.45, 7) is 2.91. The fourth-order valence-electron chi connectivity index (χ4n) is 4.70. The highest BCUT2D eigenvalue weighted by Crippen LogP contribution is 2.39. The number of amides is 3. The molecule has 2 heterocycles. The Kier molecular flexibility index (Phi) is 6.09. The molecule has 10 heteroatoms. The molecule has 1 aromatic carbocycles. The molecule has 0 unspecified atom stereocenters. The molecule has 2 saturated heterocycles. The van der Waals surface area contributed by atoms with E-state index in [1.54, 1.807) is 0 Å². The van der Waals surface area contributed by atoms with Crippen LogP contribution in [0.3, 0.4) is 0 Å². The molecule has 3 fully saturated rings. The van der Waals surface area contributed by atoms with E-state index in [2.05, 4.69) is 10.6 Å². The second-order valence-electron chi connectivity index (χ2n) is 8.17. The predicted octanol–water partition coefficient (Wildman–Crippen LogP) is 1.24. The molecular weight excluding hydrogens is 431 g/mol. The van der Waals surface area contributed by atoms with Gasteiger partial charge >= 0.3 is 0 Å². The first kappa shape index (κ1) is 21.2. The van der Waals surface area contributed by atoms with E-state index < -0.39 is 5.91 Å². The SMILES string of the molecule is O=C1CN(CCC(=O)N2C[C@H]3C[C@@H]2C[C@H]3NC(=O)c2cc(Cl)cc(Cl)c2O)CCN1. The Labute approximate surface area is 184 Å². The van der Waals surface area contributed by atoms with E-state index in [-0.39, 0.29) is 51.2 Å². The molecular formula is C20H24Cl2N4O4. The van der Waals surface area contributed by atoms with Gasteiger partial charge in [0.1, 0.15) is 5.75 Å². The molecule has 30 heavy (non-hydrogen) atoms. The second-order valence-corrected chi connectivity index (χ2v) is 9.01. The topological polar surface area (TPSA) is 102 Å². The number of aromatic hydroxyl groups is 1. The van der Waals surface area contributed by atoms with Gasteiger partial charge in [-0.05, 0) is 30.9 Å². The van der Waals surface area contributed by atoms with Crippen LogP contribution in [0.15, 0.2) is 12.1 Å². The first-order valence-electron chi connectivity index (χ1n) is 10.1. The second kappa shape index (κ2) is 8.61. The summed E-state index contributed by atoms with van der Waals surface area (Å²) in [5.74, 6) is -0.432. The van der Waals surface area contributed by atoms with Crippen LogP contribution in [0.4, 0.5) is 0 Å². The largest absolute Gasteiger partial charge is 0.506 e. The van der Waals surface area contributed by atoms with Crippen molar-refractivity contribution >= 4 is 40.9 Å². The fourth-order valence-corrected chi connectivity index (χ4v) is 5.19. The monoisotopic (exact) mass is 454 g/mol. The summed E-state index contributed by atoms with van der Waals surface area (Å²) in [6, 6.07) is 2.82. The minimum Gasteiger partial charge on any atom is -0.506 e. The number of piperazine rings is 1. The van der Waals surface area contributed by atoms with Crippen LogP contribution in [0.2, 0.25) is 10.0 Å². The van der Waals surface area contributed by atoms with Gasteiger partial charge in [0.25, 0.3) is 5.91 Å². The van der Waals surface area contributed by atoms with Gasteiger partial charge in [-0.15, -0.1) is 0 Å². The lowest BCUT2D eigenvalue weighted by atomic mass is 10.0. The zero-order valence-corrected chi connectivity index (χ0v) is 17.9. The van der Waals surface area contributed by atoms with E-state index in [0.717, 1.165) is 13.0 Å². The van der Waals surface area contributed by atoms with Gasteiger partial charge in [-0.25, -0.2) is 0 Å². The summed E-state index contributed by atoms with van der Waals surface area (Å²) < 4.78 is 0. The van der Waals surface area contributed by atoms with Crippen LogP contribution in [0.25, 0.3) is 0 Å². The van der Waals surface area contributed by atoms with Crippen LogP contribution in [0.1, 0.15) is 29.6 Å². The molecule has 2 aliphatic heterocycles. The Hall–Kier alpha value is -2.03. The highest BCUT2D eigenvalue weighted by molar-refractivity contribution is 6.36. The number of carbonyl (C=O) groups excluding carboxylic acids is 3. The van der Waals surface area contributed by atoms with E-state index in [1.165, 1.54) is 12.1 Å². The van der Waals surface area contributed by atoms with E-state index in [1.807, 2.05) is 9.80 Å². The predicted molar refractivity (Wildman–Crippen MR) is 112 cm³/mol. The maximum absolute atomic E-state index is 12.7. The zero-order valence-electron chi connectivity index (χ0n) is 16.4. The smallest absolute Gasteiger partial charge is 0.255 e. The van der Waals surface area contributed by atoms with E-state index in [4.69, 9.17) is 23.2 Å². The Morgan fingerprint density at radius 3 is 2.77 bits per heavy atom. The summed E-state index contributed by atoms with van der Waals surface area (Å²) in [6.07, 6.45) is 1.93. The van der Waals surface area contributed by atoms with Crippen molar-refractivity contribution in [2.75, 3.05) is 32.7 Å². The van der Waals surface area contributed by atoms with Crippen LogP contribution < -0.4 is 10.6 Å². The van der Waals surface area contributed by atoms with Gasteiger partial charge in [-0.2, -0.15) is 0 Å². The van der Waals surface area contributed by atoms with E-state index >= 15 is 0 Å². The van der Waals surface area contributed by atoms with Crippen LogP contribution in [0.5, 0.6) is 5.75 Å². The molecule has 3 atom stereocenters. The Morgan fingerprint density at radius 2 is 2.07 bits per heavy atom. The number of hydrogen-bond donors (Lipinski definition) is 3. The number of phenolic OH excluding ortho intramolecular Hbond substituents is 1. The van der Waals surface area contributed by atoms with Crippen molar-refractivity contribution < 1.29 is 19.5 Å². The Morgan fingerprint density at radius 1 is 1.27 bits per heavy atom. The Bertz CT molecular complexity index is 881. The van der Waals surface area contributed by atoms with Crippen molar-refractivity contribution in [3.8, 4) is 5.75 Å². The molecule has 1 aromatic rings. The van der Waals surface area contributed by atoms with Gasteiger partial charge < -0.3 is 20.6 Å². The van der Waals surface area contributed by atoms with Crippen molar-refractivity contribution in [1.82, 2.24) is 20.4 Å². The average Bonchev–Trinajstić information content (AvgIpc) is 3.29. The number of piperidine rings is 1. The minimum absolute atomic E-state index is 0.000426. The number of rotatable bonds is 5. The third-order valence-corrected chi connectivity index (χ3v) is 6.72. The Balaban J connectivity index is 1.29. The highest BCUT2D eigenvalue weighted by atomic mass is 35.5. The summed E-state index contributed by atoms with van der Waals surface area (Å²) in [5.41, 5.74) is 0.0498. The zero-order chi connectivity index (χ0) is 21.4. The summed E-state index contributed by atoms with van der Waals surface area (Å²) in [4.78, 5) is 40.6. The van der Waals surface area contributed by atoms with Gasteiger partial charge in [0.2, 0.25) is 11.8 Å². The molecule has 0 radical (unpaired) electrons. The standard InChI is InChI=1S/C20H24Cl2N4O4/c21-12-6-14(19(29)15(22)7-12)20(30)24-16-8-13-5-11(16)9-26(13)18(28)1-3-25-4-2-23-17(27)10-25/h6-7,11,13,16,29H,1-5,8-10H2,(H,23,27)(H,24,30)/t11-,13-,16-/m1/s1. The van der Waals surface area contributed by atoms with Crippen molar-refractivity contribution in [3.63, 3.8) is 0 Å². The quantitative estimate of drug-likeness (QED) is 0.620. The molecule has 2 bridgehead atoms. The molecule has 3 amide bonds. The molecule has 8 nitrogen and oxygen atoms in total. The maximum Gasteiger partial charge on any atom is 0.255 e. The number of nitrogens with zero attached hydrogens (tertiary/aromatic N) is 2. The molecule has 1 saturated carbocycles. The van der Waals surface area contributed by atoms with Gasteiger partial charge in [-0.1, -0.05) is 23.2 Å². The number of halogens is 2. The summed E-state index contributed by atoms with van der Waals surface area (Å²) >= 11 is 11.9. The number of carbonyl (C=O) groups is 3.